The minimum atomic E-state index is 0.378. The van der Waals surface area contributed by atoms with Gasteiger partial charge in [0.2, 0.25) is 5.95 Å². The van der Waals surface area contributed by atoms with E-state index in [1.807, 2.05) is 49.6 Å². The van der Waals surface area contributed by atoms with E-state index in [1.165, 1.54) is 0 Å². The summed E-state index contributed by atoms with van der Waals surface area (Å²) in [6, 6.07) is 12.1. The summed E-state index contributed by atoms with van der Waals surface area (Å²) < 4.78 is 4.92. The van der Waals surface area contributed by atoms with Gasteiger partial charge in [-0.05, 0) is 79.5 Å². The van der Waals surface area contributed by atoms with Gasteiger partial charge in [-0.2, -0.15) is 0 Å². The molecule has 50 heavy (non-hydrogen) atoms. The van der Waals surface area contributed by atoms with Crippen LogP contribution >= 0.6 is 11.3 Å². The van der Waals surface area contributed by atoms with Gasteiger partial charge in [0.1, 0.15) is 12.1 Å². The second-order valence-electron chi connectivity index (χ2n) is 12.7. The third kappa shape index (κ3) is 19.1. The molecule has 0 amide bonds. The van der Waals surface area contributed by atoms with Gasteiger partial charge in [-0.25, -0.2) is 29.9 Å². The molecule has 0 radical (unpaired) electrons. The van der Waals surface area contributed by atoms with Gasteiger partial charge in [-0.15, -0.1) is 11.3 Å². The summed E-state index contributed by atoms with van der Waals surface area (Å²) >= 11 is 1.63. The maximum atomic E-state index is 4.92. The fourth-order valence-corrected chi connectivity index (χ4v) is 4.47. The van der Waals surface area contributed by atoms with Gasteiger partial charge in [0.15, 0.2) is 11.1 Å². The molecule has 5 aromatic heterocycles. The van der Waals surface area contributed by atoms with Crippen molar-refractivity contribution in [3.05, 3.63) is 85.0 Å². The van der Waals surface area contributed by atoms with Crippen molar-refractivity contribution in [2.45, 2.75) is 99.8 Å². The van der Waals surface area contributed by atoms with E-state index in [1.54, 1.807) is 54.8 Å². The molecule has 0 atom stereocenters. The van der Waals surface area contributed by atoms with Crippen LogP contribution in [0.15, 0.2) is 83.6 Å². The second-order valence-corrected chi connectivity index (χ2v) is 13.6. The summed E-state index contributed by atoms with van der Waals surface area (Å²) in [5.41, 5.74) is 2.08. The van der Waals surface area contributed by atoms with Gasteiger partial charge >= 0.3 is 0 Å². The predicted molar refractivity (Wildman–Crippen MR) is 209 cm³/mol. The number of aromatic amines is 2. The Labute approximate surface area is 301 Å². The average Bonchev–Trinajstić information content (AvgIpc) is 3.87. The number of benzene rings is 1. The van der Waals surface area contributed by atoms with Crippen molar-refractivity contribution in [2.24, 2.45) is 5.92 Å². The van der Waals surface area contributed by atoms with E-state index in [4.69, 9.17) is 4.42 Å². The third-order valence-corrected chi connectivity index (χ3v) is 6.34. The highest BCUT2D eigenvalue weighted by atomic mass is 32.1. The van der Waals surface area contributed by atoms with Crippen LogP contribution in [0.25, 0.3) is 11.0 Å². The van der Waals surface area contributed by atoms with Crippen LogP contribution in [0, 0.1) is 5.92 Å². The molecule has 5 heterocycles. The second kappa shape index (κ2) is 23.4. The summed E-state index contributed by atoms with van der Waals surface area (Å²) in [5, 5.41) is 15.5. The van der Waals surface area contributed by atoms with Crippen LogP contribution in [0.2, 0.25) is 0 Å². The maximum Gasteiger partial charge on any atom is 0.294 e. The molecule has 6 N–H and O–H groups in total. The van der Waals surface area contributed by atoms with E-state index < -0.39 is 0 Å². The van der Waals surface area contributed by atoms with E-state index >= 15 is 0 Å². The first-order chi connectivity index (χ1) is 23.9. The molecule has 0 aliphatic carbocycles. The number of nitrogens with zero attached hydrogens (tertiary/aromatic N) is 6. The Morgan fingerprint density at radius 1 is 0.660 bits per heavy atom. The zero-order valence-corrected chi connectivity index (χ0v) is 31.9. The Bertz CT molecular complexity index is 1490. The third-order valence-electron chi connectivity index (χ3n) is 5.64. The molecule has 6 rings (SSSR count). The van der Waals surface area contributed by atoms with Crippen molar-refractivity contribution in [2.75, 3.05) is 21.3 Å². The quantitative estimate of drug-likeness (QED) is 0.0806. The van der Waals surface area contributed by atoms with Crippen LogP contribution < -0.4 is 21.3 Å². The number of imidazole rings is 2. The Morgan fingerprint density at radius 3 is 1.84 bits per heavy atom. The standard InChI is InChI=1S/C10H13N3.C8H12N2.C6H11N3.C6H10N2O.C6H10N2S/c1-7(2)11-10-12-8-5-3-4-6-9(8)13-10;1-7(2)6-8-9-4-3-5-10-8;1-5(2)9-6-7-3-4-8-6;2*1-5(2)8-6-7-3-4-9-6/h3-7H,1-2H3,(H2,11,12,13);3-5,7H,6H2,1-2H3;3-5H,1-2H3,(H2,7,8,9);2*3-5H,1-2H3,(H,7,8). The highest BCUT2D eigenvalue weighted by molar-refractivity contribution is 7.13. The monoisotopic (exact) mass is 704 g/mol. The predicted octanol–water partition coefficient (Wildman–Crippen LogP) is 8.75. The van der Waals surface area contributed by atoms with Crippen LogP contribution in [-0.2, 0) is 6.42 Å². The first kappa shape index (κ1) is 41.2. The van der Waals surface area contributed by atoms with Gasteiger partial charge in [-0.3, -0.25) is 0 Å². The lowest BCUT2D eigenvalue weighted by molar-refractivity contribution is 0.564. The molecule has 1 aromatic carbocycles. The number of oxazole rings is 1. The van der Waals surface area contributed by atoms with Gasteiger partial charge in [0.25, 0.3) is 6.01 Å². The zero-order valence-electron chi connectivity index (χ0n) is 31.1. The molecule has 0 saturated carbocycles. The van der Waals surface area contributed by atoms with Crippen molar-refractivity contribution >= 4 is 45.4 Å². The number of fused-ring (bicyclic) bond motifs is 1. The summed E-state index contributed by atoms with van der Waals surface area (Å²) in [7, 11) is 0. The summed E-state index contributed by atoms with van der Waals surface area (Å²) in [4.78, 5) is 30.7. The SMILES string of the molecule is CC(C)Cc1ncccn1.CC(C)Nc1nc2ccccc2[nH]1.CC(C)Nc1ncc[nH]1.CC(C)Nc1ncco1.CC(C)Nc1nccs1. The Hall–Kier alpha value is -4.98. The zero-order chi connectivity index (χ0) is 36.7. The smallest absolute Gasteiger partial charge is 0.294 e. The van der Waals surface area contributed by atoms with Gasteiger partial charge in [0, 0.05) is 67.0 Å². The Morgan fingerprint density at radius 2 is 1.32 bits per heavy atom. The van der Waals surface area contributed by atoms with Crippen molar-refractivity contribution in [3.63, 3.8) is 0 Å². The molecule has 272 valence electrons. The number of nitrogens with one attached hydrogen (secondary N) is 6. The summed E-state index contributed by atoms with van der Waals surface area (Å²) in [6.45, 7) is 20.9. The average molecular weight is 705 g/mol. The van der Waals surface area contributed by atoms with Gasteiger partial charge < -0.3 is 35.7 Å². The Balaban J connectivity index is 0.000000219. The lowest BCUT2D eigenvalue weighted by Crippen LogP contribution is -2.10. The largest absolute Gasteiger partial charge is 0.432 e. The van der Waals surface area contributed by atoms with Crippen LogP contribution in [0.1, 0.15) is 75.1 Å². The van der Waals surface area contributed by atoms with E-state index in [0.717, 1.165) is 40.3 Å². The molecular weight excluding hydrogens is 649 g/mol. The minimum Gasteiger partial charge on any atom is -0.432 e. The number of para-hydroxylation sites is 2. The van der Waals surface area contributed by atoms with Crippen LogP contribution in [0.5, 0.6) is 0 Å². The molecule has 0 spiro atoms. The number of hydrogen-bond acceptors (Lipinski definition) is 12. The molecule has 0 unspecified atom stereocenters. The van der Waals surface area contributed by atoms with Gasteiger partial charge in [0.05, 0.1) is 17.2 Å². The fourth-order valence-electron chi connectivity index (χ4n) is 3.80. The highest BCUT2D eigenvalue weighted by Crippen LogP contribution is 2.13. The molecule has 0 aliphatic heterocycles. The minimum absolute atomic E-state index is 0.378. The van der Waals surface area contributed by atoms with E-state index in [2.05, 4.69) is 117 Å². The number of thiazole rings is 1. The fraction of sp³-hybridized carbons (Fsp3) is 0.444. The van der Waals surface area contributed by atoms with Crippen LogP contribution in [0.4, 0.5) is 23.0 Å². The molecule has 6 aromatic rings. The lowest BCUT2D eigenvalue weighted by atomic mass is 10.1. The number of anilines is 4. The molecular formula is C36H56N12OS. The first-order valence-electron chi connectivity index (χ1n) is 17.0. The van der Waals surface area contributed by atoms with E-state index in [-0.39, 0.29) is 0 Å². The van der Waals surface area contributed by atoms with E-state index in [9.17, 15) is 0 Å². The van der Waals surface area contributed by atoms with Crippen LogP contribution in [-0.4, -0.2) is 64.0 Å². The first-order valence-corrected chi connectivity index (χ1v) is 17.8. The summed E-state index contributed by atoms with van der Waals surface area (Å²) in [6.07, 6.45) is 13.0. The van der Waals surface area contributed by atoms with Crippen molar-refractivity contribution < 1.29 is 4.42 Å². The topological polar surface area (TPSA) is 170 Å². The number of rotatable bonds is 10. The molecule has 0 saturated heterocycles. The van der Waals surface area contributed by atoms with Crippen molar-refractivity contribution in [1.29, 1.82) is 0 Å². The lowest BCUT2D eigenvalue weighted by Gasteiger charge is -2.04. The van der Waals surface area contributed by atoms with Crippen molar-refractivity contribution in [1.82, 2.24) is 39.9 Å². The molecule has 0 bridgehead atoms. The van der Waals surface area contributed by atoms with Gasteiger partial charge in [-0.1, -0.05) is 26.0 Å². The molecule has 0 aliphatic rings. The molecule has 14 heteroatoms. The maximum absolute atomic E-state index is 4.92. The Kier molecular flexibility index (Phi) is 19.3. The number of H-pyrrole nitrogens is 2. The number of hydrogen-bond donors (Lipinski definition) is 6. The summed E-state index contributed by atoms with van der Waals surface area (Å²) in [5.74, 6) is 3.26. The number of aromatic nitrogens is 8. The van der Waals surface area contributed by atoms with Crippen LogP contribution in [0.3, 0.4) is 0 Å². The highest BCUT2D eigenvalue weighted by Gasteiger charge is 2.02. The normalized spacial score (nSPS) is 10.4. The van der Waals surface area contributed by atoms with Crippen molar-refractivity contribution in [3.8, 4) is 0 Å². The molecule has 13 nitrogen and oxygen atoms in total. The molecule has 0 fully saturated rings. The van der Waals surface area contributed by atoms with E-state index in [0.29, 0.717) is 36.1 Å².